The minimum absolute atomic E-state index is 0.0953. The lowest BCUT2D eigenvalue weighted by Gasteiger charge is -2.41. The van der Waals surface area contributed by atoms with Crippen LogP contribution in [0.5, 0.6) is 5.75 Å². The zero-order chi connectivity index (χ0) is 25.5. The van der Waals surface area contributed by atoms with Crippen LogP contribution in [0.4, 0.5) is 0 Å². The summed E-state index contributed by atoms with van der Waals surface area (Å²) in [6, 6.07) is 16.3. The summed E-state index contributed by atoms with van der Waals surface area (Å²) < 4.78 is 6.17. The smallest absolute Gasteiger partial charge is 0.247 e. The van der Waals surface area contributed by atoms with Gasteiger partial charge in [0, 0.05) is 24.2 Å². The number of benzene rings is 2. The summed E-state index contributed by atoms with van der Waals surface area (Å²) in [6.45, 7) is 2.57. The van der Waals surface area contributed by atoms with E-state index in [4.69, 9.17) is 4.74 Å². The van der Waals surface area contributed by atoms with E-state index in [9.17, 15) is 19.8 Å². The highest BCUT2D eigenvalue weighted by molar-refractivity contribution is 5.96. The van der Waals surface area contributed by atoms with E-state index < -0.39 is 24.2 Å². The number of amides is 2. The van der Waals surface area contributed by atoms with Gasteiger partial charge in [0.15, 0.2) is 0 Å². The molecule has 0 spiro atoms. The van der Waals surface area contributed by atoms with Crippen LogP contribution in [0, 0.1) is 0 Å². The van der Waals surface area contributed by atoms with Crippen LogP contribution < -0.4 is 10.1 Å². The van der Waals surface area contributed by atoms with Crippen molar-refractivity contribution in [2.45, 2.75) is 63.2 Å². The van der Waals surface area contributed by atoms with E-state index in [2.05, 4.69) is 12.2 Å². The van der Waals surface area contributed by atoms with Crippen molar-refractivity contribution in [2.75, 3.05) is 19.7 Å². The third-order valence-electron chi connectivity index (χ3n) is 7.01. The zero-order valence-electron chi connectivity index (χ0n) is 20.8. The molecule has 36 heavy (non-hydrogen) atoms. The Labute approximate surface area is 212 Å². The number of aliphatic hydroxyl groups is 2. The molecule has 1 heterocycles. The highest BCUT2D eigenvalue weighted by atomic mass is 16.5. The number of rotatable bonds is 11. The minimum atomic E-state index is -0.998. The number of nitrogens with one attached hydrogen (secondary N) is 1. The molecule has 0 bridgehead atoms. The van der Waals surface area contributed by atoms with Crippen molar-refractivity contribution in [3.05, 3.63) is 77.4 Å². The molecule has 2 aliphatic rings. The van der Waals surface area contributed by atoms with Crippen molar-refractivity contribution < 1.29 is 24.5 Å². The number of para-hydroxylation sites is 1. The summed E-state index contributed by atoms with van der Waals surface area (Å²) >= 11 is 0. The Kier molecular flexibility index (Phi) is 8.78. The number of carbonyl (C=O) groups is 2. The number of ether oxygens (including phenoxy) is 1. The maximum absolute atomic E-state index is 13.6. The molecule has 2 aromatic carbocycles. The molecule has 192 valence electrons. The zero-order valence-corrected chi connectivity index (χ0v) is 20.8. The van der Waals surface area contributed by atoms with Crippen molar-refractivity contribution in [2.24, 2.45) is 0 Å². The molecule has 7 heteroatoms. The largest absolute Gasteiger partial charge is 0.486 e. The fourth-order valence-corrected chi connectivity index (χ4v) is 5.21. The SMILES string of the molecule is CCCCCCN(C(=O)Cc1ccccc1)C1C=C(C(=O)NCCO)C2c3ccccc3OC2C1O. The van der Waals surface area contributed by atoms with Crippen molar-refractivity contribution in [3.63, 3.8) is 0 Å². The third-order valence-corrected chi connectivity index (χ3v) is 7.01. The van der Waals surface area contributed by atoms with Crippen LogP contribution in [0.15, 0.2) is 66.2 Å². The molecule has 1 aliphatic carbocycles. The molecular formula is C29H36N2O5. The Morgan fingerprint density at radius 3 is 2.53 bits per heavy atom. The van der Waals surface area contributed by atoms with E-state index >= 15 is 0 Å². The van der Waals surface area contributed by atoms with Crippen LogP contribution in [0.2, 0.25) is 0 Å². The first-order valence-corrected chi connectivity index (χ1v) is 12.9. The van der Waals surface area contributed by atoms with Gasteiger partial charge in [0.2, 0.25) is 11.8 Å². The van der Waals surface area contributed by atoms with Gasteiger partial charge >= 0.3 is 0 Å². The average Bonchev–Trinajstić information content (AvgIpc) is 3.29. The Morgan fingerprint density at radius 2 is 1.78 bits per heavy atom. The fraction of sp³-hybridized carbons (Fsp3) is 0.448. The lowest BCUT2D eigenvalue weighted by atomic mass is 9.77. The summed E-state index contributed by atoms with van der Waals surface area (Å²) in [5.41, 5.74) is 2.20. The predicted octanol–water partition coefficient (Wildman–Crippen LogP) is 2.96. The first-order valence-electron chi connectivity index (χ1n) is 12.9. The summed E-state index contributed by atoms with van der Waals surface area (Å²) in [6.07, 6.45) is 4.22. The first-order chi connectivity index (χ1) is 17.5. The number of nitrogens with zero attached hydrogens (tertiary/aromatic N) is 1. The first kappa shape index (κ1) is 25.9. The average molecular weight is 493 g/mol. The van der Waals surface area contributed by atoms with Gasteiger partial charge in [-0.3, -0.25) is 9.59 Å². The molecule has 3 N–H and O–H groups in total. The van der Waals surface area contributed by atoms with Gasteiger partial charge in [-0.05, 0) is 24.1 Å². The van der Waals surface area contributed by atoms with Crippen LogP contribution >= 0.6 is 0 Å². The Balaban J connectivity index is 1.68. The lowest BCUT2D eigenvalue weighted by molar-refractivity contribution is -0.136. The number of unbranched alkanes of at least 4 members (excludes halogenated alkanes) is 3. The monoisotopic (exact) mass is 492 g/mol. The van der Waals surface area contributed by atoms with Crippen molar-refractivity contribution in [1.29, 1.82) is 0 Å². The number of aliphatic hydroxyl groups excluding tert-OH is 2. The highest BCUT2D eigenvalue weighted by Gasteiger charge is 2.50. The molecule has 0 radical (unpaired) electrons. The maximum atomic E-state index is 13.6. The van der Waals surface area contributed by atoms with Crippen LogP contribution in [0.3, 0.4) is 0 Å². The normalized spacial score (nSPS) is 22.1. The summed E-state index contributed by atoms with van der Waals surface area (Å²) in [7, 11) is 0. The molecule has 0 saturated heterocycles. The quantitative estimate of drug-likeness (QED) is 0.419. The van der Waals surface area contributed by atoms with Gasteiger partial charge in [-0.15, -0.1) is 0 Å². The molecule has 7 nitrogen and oxygen atoms in total. The Bertz CT molecular complexity index is 1070. The molecule has 4 rings (SSSR count). The van der Waals surface area contributed by atoms with Crippen LogP contribution in [0.1, 0.15) is 49.7 Å². The second kappa shape index (κ2) is 12.2. The van der Waals surface area contributed by atoms with E-state index in [0.29, 0.717) is 17.9 Å². The van der Waals surface area contributed by atoms with Gasteiger partial charge in [0.1, 0.15) is 18.0 Å². The lowest BCUT2D eigenvalue weighted by Crippen LogP contribution is -2.56. The standard InChI is InChI=1S/C29H36N2O5/c1-2-3-4-10-16-31(25(33)18-20-11-6-5-7-12-20)23-19-22(29(35)30-15-17-32)26-21-13-8-9-14-24(21)36-28(26)27(23)34/h5-9,11-14,19,23,26-28,32,34H,2-4,10,15-18H2,1H3,(H,30,35). The van der Waals surface area contributed by atoms with Gasteiger partial charge in [0.25, 0.3) is 0 Å². The number of carbonyl (C=O) groups excluding carboxylic acids is 2. The van der Waals surface area contributed by atoms with Crippen molar-refractivity contribution >= 4 is 11.8 Å². The van der Waals surface area contributed by atoms with Gasteiger partial charge in [-0.2, -0.15) is 0 Å². The maximum Gasteiger partial charge on any atom is 0.247 e. The summed E-state index contributed by atoms with van der Waals surface area (Å²) in [5.74, 6) is -0.227. The Morgan fingerprint density at radius 1 is 1.03 bits per heavy atom. The number of fused-ring (bicyclic) bond motifs is 3. The van der Waals surface area contributed by atoms with E-state index in [-0.39, 0.29) is 31.4 Å². The van der Waals surface area contributed by atoms with E-state index in [1.165, 1.54) is 0 Å². The summed E-state index contributed by atoms with van der Waals surface area (Å²) in [5, 5.41) is 23.5. The molecule has 0 aromatic heterocycles. The van der Waals surface area contributed by atoms with Gasteiger partial charge < -0.3 is 25.2 Å². The second-order valence-corrected chi connectivity index (χ2v) is 9.49. The van der Waals surface area contributed by atoms with Crippen LogP contribution in [0.25, 0.3) is 0 Å². The van der Waals surface area contributed by atoms with Gasteiger partial charge in [0.05, 0.1) is 25.0 Å². The van der Waals surface area contributed by atoms with E-state index in [0.717, 1.165) is 36.8 Å². The third kappa shape index (κ3) is 5.63. The molecule has 0 saturated carbocycles. The predicted molar refractivity (Wildman–Crippen MR) is 138 cm³/mol. The molecule has 2 aromatic rings. The molecule has 1 aliphatic heterocycles. The highest BCUT2D eigenvalue weighted by Crippen LogP contribution is 2.47. The van der Waals surface area contributed by atoms with Crippen molar-refractivity contribution in [3.8, 4) is 5.75 Å². The summed E-state index contributed by atoms with van der Waals surface area (Å²) in [4.78, 5) is 28.5. The minimum Gasteiger partial charge on any atom is -0.486 e. The molecule has 4 atom stereocenters. The second-order valence-electron chi connectivity index (χ2n) is 9.49. The molecule has 4 unspecified atom stereocenters. The Hall–Kier alpha value is -3.16. The van der Waals surface area contributed by atoms with Gasteiger partial charge in [-0.1, -0.05) is 74.7 Å². The molecule has 2 amide bonds. The van der Waals surface area contributed by atoms with Crippen LogP contribution in [-0.4, -0.2) is 64.9 Å². The molecular weight excluding hydrogens is 456 g/mol. The van der Waals surface area contributed by atoms with Crippen molar-refractivity contribution in [1.82, 2.24) is 10.2 Å². The van der Waals surface area contributed by atoms with E-state index in [1.807, 2.05) is 54.6 Å². The topological polar surface area (TPSA) is 99.1 Å². The number of hydrogen-bond donors (Lipinski definition) is 3. The van der Waals surface area contributed by atoms with Gasteiger partial charge in [-0.25, -0.2) is 0 Å². The number of hydrogen-bond acceptors (Lipinski definition) is 5. The molecule has 0 fully saturated rings. The van der Waals surface area contributed by atoms with E-state index in [1.54, 1.807) is 11.0 Å². The fourth-order valence-electron chi connectivity index (χ4n) is 5.21. The van der Waals surface area contributed by atoms with Crippen LogP contribution in [-0.2, 0) is 16.0 Å².